The van der Waals surface area contributed by atoms with Crippen LogP contribution in [0.15, 0.2) is 0 Å². The van der Waals surface area contributed by atoms with Gasteiger partial charge in [0.05, 0.1) is 6.42 Å². The second-order valence-corrected chi connectivity index (χ2v) is 3.44. The fourth-order valence-corrected chi connectivity index (χ4v) is 0.283. The fraction of sp³-hybridized carbons (Fsp3) is 0.600. The third-order valence-electron chi connectivity index (χ3n) is 0.691. The van der Waals surface area contributed by atoms with Gasteiger partial charge < -0.3 is 9.90 Å². The van der Waals surface area contributed by atoms with Gasteiger partial charge in [-0.15, -0.1) is 0 Å². The number of Topliss-reactive ketones (excluding diaryl/α,β-unsaturated/α-hetero) is 1. The molecule has 0 saturated carbocycles. The zero-order valence-electron chi connectivity index (χ0n) is 6.80. The number of carbonyl (C=O) groups excluding carboxylic acids is 1. The molecule has 0 heterocycles. The van der Waals surface area contributed by atoms with Gasteiger partial charge in [0.1, 0.15) is 5.78 Å². The van der Waals surface area contributed by atoms with Crippen LogP contribution in [-0.4, -0.2) is 25.2 Å². The van der Waals surface area contributed by atoms with Gasteiger partial charge in [-0.2, -0.15) is 0 Å². The van der Waals surface area contributed by atoms with Crippen LogP contribution in [-0.2, 0) is 30.8 Å². The van der Waals surface area contributed by atoms with Crippen LogP contribution in [0, 0.1) is 0 Å². The standard InChI is InChI=1S/C5H8O3.Cr.2H2O.2O/c1-4(6)2-3-5(7)8;;;;;/h2-3H2,1H3,(H,7,8);;2*1H2;;/q;+2;;;;/p-2. The van der Waals surface area contributed by atoms with Gasteiger partial charge in [-0.3, -0.25) is 4.79 Å². The molecular weight excluding hydrogens is 224 g/mol. The van der Waals surface area contributed by atoms with Gasteiger partial charge in [0.25, 0.3) is 0 Å². The Bertz CT molecular complexity index is 243. The molecule has 13 heavy (non-hydrogen) atoms. The van der Waals surface area contributed by atoms with Crippen LogP contribution in [0.3, 0.4) is 0 Å². The van der Waals surface area contributed by atoms with Crippen molar-refractivity contribution in [3.63, 3.8) is 0 Å². The molecule has 0 bridgehead atoms. The van der Waals surface area contributed by atoms with E-state index in [0.29, 0.717) is 0 Å². The first-order valence-corrected chi connectivity index (χ1v) is 5.22. The summed E-state index contributed by atoms with van der Waals surface area (Å²) in [5, 5.41) is 8.01. The summed E-state index contributed by atoms with van der Waals surface area (Å²) >= 11 is -5.25. The third kappa shape index (κ3) is 53.8. The summed E-state index contributed by atoms with van der Waals surface area (Å²) < 4.78 is 31.9. The average molecular weight is 234 g/mol. The second-order valence-electron chi connectivity index (χ2n) is 2.04. The van der Waals surface area contributed by atoms with E-state index >= 15 is 0 Å². The van der Waals surface area contributed by atoms with E-state index in [1.165, 1.54) is 6.92 Å². The van der Waals surface area contributed by atoms with Gasteiger partial charge in [-0.1, -0.05) is 0 Å². The van der Waals surface area contributed by atoms with Gasteiger partial charge in [0.15, 0.2) is 0 Å². The van der Waals surface area contributed by atoms with E-state index < -0.39 is 19.6 Å². The van der Waals surface area contributed by atoms with E-state index in [4.69, 9.17) is 21.0 Å². The van der Waals surface area contributed by atoms with Crippen molar-refractivity contribution in [2.75, 3.05) is 0 Å². The molecule has 3 N–H and O–H groups in total. The number of hydrogen-bond acceptors (Lipinski definition) is 4. The Morgan fingerprint density at radius 1 is 1.15 bits per heavy atom. The van der Waals surface area contributed by atoms with Crippen LogP contribution in [0.2, 0.25) is 0 Å². The van der Waals surface area contributed by atoms with Crippen LogP contribution in [0.5, 0.6) is 0 Å². The first kappa shape index (κ1) is 14.7. The molecule has 0 aromatic heterocycles. The van der Waals surface area contributed by atoms with Crippen molar-refractivity contribution in [3.8, 4) is 0 Å². The molecule has 0 amide bonds. The Morgan fingerprint density at radius 3 is 1.54 bits per heavy atom. The normalized spacial score (nSPS) is 9.77. The summed E-state index contributed by atoms with van der Waals surface area (Å²) in [5.41, 5.74) is 0. The number of carboxylic acid groups (broad SMARTS) is 1. The maximum absolute atomic E-state index is 10.1. The molecule has 0 rings (SSSR count). The predicted molar refractivity (Wildman–Crippen MR) is 33.4 cm³/mol. The van der Waals surface area contributed by atoms with Crippen LogP contribution < -0.4 is 0 Å². The maximum atomic E-state index is 10.1. The Kier molecular flexibility index (Phi) is 7.56. The number of carboxylic acids is 1. The van der Waals surface area contributed by atoms with Crippen LogP contribution >= 0.6 is 0 Å². The van der Waals surface area contributed by atoms with Crippen LogP contribution in [0.25, 0.3) is 0 Å². The quantitative estimate of drug-likeness (QED) is 0.576. The molecule has 0 atom stereocenters. The minimum atomic E-state index is -5.25. The molecule has 0 saturated heterocycles. The fourth-order valence-electron chi connectivity index (χ4n) is 0.283. The van der Waals surface area contributed by atoms with Gasteiger partial charge in [0, 0.05) is 6.42 Å². The van der Waals surface area contributed by atoms with Crippen molar-refractivity contribution in [2.24, 2.45) is 0 Å². The third-order valence-corrected chi connectivity index (χ3v) is 0.691. The molecule has 0 spiro atoms. The number of hydrogen-bond donors (Lipinski definition) is 3. The van der Waals surface area contributed by atoms with Gasteiger partial charge in [0.2, 0.25) is 0 Å². The van der Waals surface area contributed by atoms with E-state index in [1.807, 2.05) is 0 Å². The first-order valence-electron chi connectivity index (χ1n) is 3.04. The van der Waals surface area contributed by atoms with Crippen molar-refractivity contribution < 1.29 is 44.2 Å². The van der Waals surface area contributed by atoms with E-state index in [0.717, 1.165) is 0 Å². The molecule has 0 radical (unpaired) electrons. The molecule has 0 aliphatic heterocycles. The summed E-state index contributed by atoms with van der Waals surface area (Å²) in [6.45, 7) is 1.38. The van der Waals surface area contributed by atoms with E-state index in [1.54, 1.807) is 0 Å². The van der Waals surface area contributed by atoms with Gasteiger partial charge >= 0.3 is 35.5 Å². The van der Waals surface area contributed by atoms with E-state index in [-0.39, 0.29) is 18.6 Å². The minimum absolute atomic E-state index is 0.0463. The second kappa shape index (κ2) is 6.68. The molecule has 7 nitrogen and oxygen atoms in total. The molecule has 0 aliphatic carbocycles. The molecule has 0 aromatic carbocycles. The summed E-state index contributed by atoms with van der Waals surface area (Å²) in [4.78, 5) is 19.8. The Balaban J connectivity index is 0. The molecular formula is C5H10CrO7. The van der Waals surface area contributed by atoms with Crippen molar-refractivity contribution in [3.05, 3.63) is 0 Å². The zero-order chi connectivity index (χ0) is 11.1. The summed E-state index contributed by atoms with van der Waals surface area (Å²) in [7, 11) is 0. The van der Waals surface area contributed by atoms with Crippen molar-refractivity contribution in [1.29, 1.82) is 0 Å². The van der Waals surface area contributed by atoms with Gasteiger partial charge in [-0.05, 0) is 6.92 Å². The van der Waals surface area contributed by atoms with Crippen molar-refractivity contribution in [2.45, 2.75) is 19.8 Å². The zero-order valence-corrected chi connectivity index (χ0v) is 8.07. The number of carbonyl (C=O) groups is 2. The number of rotatable bonds is 3. The van der Waals surface area contributed by atoms with E-state index in [9.17, 15) is 9.59 Å². The number of aliphatic carboxylic acids is 1. The summed E-state index contributed by atoms with van der Waals surface area (Å²) in [6.07, 6.45) is 0.102. The SMILES string of the molecule is CC(=O)CCC(=O)O.[O]=[Cr](=[O])([OH])[OH]. The predicted octanol–water partition coefficient (Wildman–Crippen LogP) is -0.914. The van der Waals surface area contributed by atoms with Crippen LogP contribution in [0.1, 0.15) is 19.8 Å². The molecule has 78 valence electrons. The monoisotopic (exact) mass is 234 g/mol. The number of ketones is 1. The Morgan fingerprint density at radius 2 is 1.46 bits per heavy atom. The molecule has 0 unspecified atom stereocenters. The van der Waals surface area contributed by atoms with Crippen molar-refractivity contribution in [1.82, 2.24) is 0 Å². The average Bonchev–Trinajstić information content (AvgIpc) is 1.79. The first-order chi connectivity index (χ1) is 5.63. The van der Waals surface area contributed by atoms with Crippen molar-refractivity contribution >= 4 is 11.8 Å². The van der Waals surface area contributed by atoms with Crippen LogP contribution in [0.4, 0.5) is 0 Å². The molecule has 8 heteroatoms. The Hall–Kier alpha value is -0.808. The van der Waals surface area contributed by atoms with Gasteiger partial charge in [-0.25, -0.2) is 0 Å². The molecule has 0 aliphatic rings. The van der Waals surface area contributed by atoms with E-state index in [2.05, 4.69) is 0 Å². The summed E-state index contributed by atoms with van der Waals surface area (Å²) in [5.74, 6) is -0.993. The molecule has 0 fully saturated rings. The summed E-state index contributed by atoms with van der Waals surface area (Å²) in [6, 6.07) is 0. The Labute approximate surface area is 76.4 Å². The topological polar surface area (TPSA) is 129 Å². The molecule has 0 aromatic rings.